The monoisotopic (exact) mass is 262 g/mol. The van der Waals surface area contributed by atoms with Crippen molar-refractivity contribution in [3.63, 3.8) is 0 Å². The maximum absolute atomic E-state index is 8.89. The van der Waals surface area contributed by atoms with Gasteiger partial charge in [-0.2, -0.15) is 5.26 Å². The van der Waals surface area contributed by atoms with E-state index in [1.807, 2.05) is 18.2 Å². The molecule has 0 atom stereocenters. The predicted octanol–water partition coefficient (Wildman–Crippen LogP) is 4.37. The van der Waals surface area contributed by atoms with Gasteiger partial charge in [0.1, 0.15) is 6.07 Å². The third-order valence-corrected chi connectivity index (χ3v) is 4.17. The van der Waals surface area contributed by atoms with Gasteiger partial charge in [0, 0.05) is 18.8 Å². The Kier molecular flexibility index (Phi) is 4.49. The number of nitriles is 1. The van der Waals surface area contributed by atoms with Crippen molar-refractivity contribution in [2.24, 2.45) is 0 Å². The maximum atomic E-state index is 8.89. The van der Waals surface area contributed by atoms with Crippen LogP contribution in [0.15, 0.2) is 18.2 Å². The summed E-state index contributed by atoms with van der Waals surface area (Å²) < 4.78 is 0. The lowest BCUT2D eigenvalue weighted by atomic mass is 10.1. The molecule has 0 bridgehead atoms. The number of hydrogen-bond donors (Lipinski definition) is 0. The van der Waals surface area contributed by atoms with Crippen molar-refractivity contribution in [2.45, 2.75) is 44.6 Å². The van der Waals surface area contributed by atoms with Crippen LogP contribution in [0.4, 0.5) is 5.69 Å². The fraction of sp³-hybridized carbons (Fsp3) is 0.533. The van der Waals surface area contributed by atoms with Gasteiger partial charge >= 0.3 is 0 Å². The van der Waals surface area contributed by atoms with Crippen LogP contribution in [0.2, 0.25) is 5.02 Å². The van der Waals surface area contributed by atoms with Crippen LogP contribution in [0.25, 0.3) is 0 Å². The maximum Gasteiger partial charge on any atom is 0.101 e. The third-order valence-electron chi connectivity index (χ3n) is 3.85. The lowest BCUT2D eigenvalue weighted by molar-refractivity contribution is 0.553. The Morgan fingerprint density at radius 3 is 2.44 bits per heavy atom. The van der Waals surface area contributed by atoms with Gasteiger partial charge in [-0.25, -0.2) is 0 Å². The van der Waals surface area contributed by atoms with Crippen molar-refractivity contribution in [3.8, 4) is 6.07 Å². The van der Waals surface area contributed by atoms with Crippen molar-refractivity contribution < 1.29 is 0 Å². The Bertz CT molecular complexity index is 442. The van der Waals surface area contributed by atoms with E-state index in [9.17, 15) is 0 Å². The zero-order valence-electron chi connectivity index (χ0n) is 10.8. The van der Waals surface area contributed by atoms with Gasteiger partial charge in [0.25, 0.3) is 0 Å². The molecule has 2 nitrogen and oxygen atoms in total. The van der Waals surface area contributed by atoms with E-state index in [2.05, 4.69) is 18.0 Å². The first-order valence-corrected chi connectivity index (χ1v) is 7.02. The Hall–Kier alpha value is -1.20. The molecule has 1 aliphatic carbocycles. The average Bonchev–Trinajstić information content (AvgIpc) is 2.66. The Morgan fingerprint density at radius 2 is 1.89 bits per heavy atom. The normalized spacial score (nSPS) is 16.9. The van der Waals surface area contributed by atoms with Gasteiger partial charge in [-0.1, -0.05) is 37.3 Å². The summed E-state index contributed by atoms with van der Waals surface area (Å²) in [5.41, 5.74) is 1.67. The van der Waals surface area contributed by atoms with E-state index in [4.69, 9.17) is 16.9 Å². The van der Waals surface area contributed by atoms with Gasteiger partial charge in [-0.15, -0.1) is 0 Å². The Balaban J connectivity index is 2.15. The quantitative estimate of drug-likeness (QED) is 0.740. The van der Waals surface area contributed by atoms with Crippen LogP contribution in [0.1, 0.15) is 44.1 Å². The molecule has 0 spiro atoms. The minimum Gasteiger partial charge on any atom is -0.372 e. The van der Waals surface area contributed by atoms with Crippen LogP contribution >= 0.6 is 11.6 Å². The van der Waals surface area contributed by atoms with Gasteiger partial charge < -0.3 is 4.90 Å². The first-order valence-electron chi connectivity index (χ1n) is 6.65. The van der Waals surface area contributed by atoms with Crippen LogP contribution in [0.5, 0.6) is 0 Å². The number of benzene rings is 1. The number of halogens is 1. The molecular formula is C15H19ClN2. The van der Waals surface area contributed by atoms with Crippen LogP contribution < -0.4 is 4.90 Å². The average molecular weight is 263 g/mol. The van der Waals surface area contributed by atoms with E-state index in [0.29, 0.717) is 16.6 Å². The molecule has 0 heterocycles. The minimum absolute atomic E-state index is 0.551. The van der Waals surface area contributed by atoms with Crippen molar-refractivity contribution in [1.82, 2.24) is 0 Å². The van der Waals surface area contributed by atoms with E-state index < -0.39 is 0 Å². The van der Waals surface area contributed by atoms with Crippen molar-refractivity contribution in [1.29, 1.82) is 5.26 Å². The molecule has 0 unspecified atom stereocenters. The van der Waals surface area contributed by atoms with E-state index in [1.54, 1.807) is 0 Å². The van der Waals surface area contributed by atoms with Crippen LogP contribution in [0.3, 0.4) is 0 Å². The second kappa shape index (κ2) is 6.11. The molecule has 0 radical (unpaired) electrons. The highest BCUT2D eigenvalue weighted by Gasteiger charge is 2.17. The molecule has 18 heavy (non-hydrogen) atoms. The third kappa shape index (κ3) is 2.97. The molecule has 1 aromatic carbocycles. The van der Waals surface area contributed by atoms with Gasteiger partial charge in [0.05, 0.1) is 10.6 Å². The molecule has 0 saturated heterocycles. The highest BCUT2D eigenvalue weighted by molar-refractivity contribution is 6.32. The molecule has 0 aromatic heterocycles. The summed E-state index contributed by atoms with van der Waals surface area (Å²) in [5, 5.41) is 9.44. The summed E-state index contributed by atoms with van der Waals surface area (Å²) in [6.45, 7) is 0. The molecule has 1 saturated carbocycles. The van der Waals surface area contributed by atoms with E-state index in [0.717, 1.165) is 5.69 Å². The van der Waals surface area contributed by atoms with Crippen molar-refractivity contribution in [2.75, 3.05) is 11.9 Å². The first-order chi connectivity index (χ1) is 8.72. The second-order valence-corrected chi connectivity index (χ2v) is 5.44. The number of rotatable bonds is 2. The number of nitrogens with zero attached hydrogens (tertiary/aromatic N) is 2. The van der Waals surface area contributed by atoms with Gasteiger partial charge in [-0.05, 0) is 31.0 Å². The number of hydrogen-bond acceptors (Lipinski definition) is 2. The molecule has 3 heteroatoms. The summed E-state index contributed by atoms with van der Waals surface area (Å²) in [6.07, 6.45) is 7.87. The second-order valence-electron chi connectivity index (χ2n) is 5.03. The highest BCUT2D eigenvalue weighted by atomic mass is 35.5. The zero-order chi connectivity index (χ0) is 13.0. The molecule has 0 aliphatic heterocycles. The Morgan fingerprint density at radius 1 is 1.22 bits per heavy atom. The summed E-state index contributed by atoms with van der Waals surface area (Å²) in [6, 6.07) is 8.42. The SMILES string of the molecule is CN(c1ccc(C#N)c(Cl)c1)C1CCCCCC1. The molecule has 1 aromatic rings. The summed E-state index contributed by atoms with van der Waals surface area (Å²) in [4.78, 5) is 2.32. The molecule has 2 rings (SSSR count). The summed E-state index contributed by atoms with van der Waals surface area (Å²) >= 11 is 6.10. The zero-order valence-corrected chi connectivity index (χ0v) is 11.6. The van der Waals surface area contributed by atoms with E-state index >= 15 is 0 Å². The first kappa shape index (κ1) is 13.2. The number of anilines is 1. The van der Waals surface area contributed by atoms with Gasteiger partial charge in [0.2, 0.25) is 0 Å². The molecule has 96 valence electrons. The van der Waals surface area contributed by atoms with Gasteiger partial charge in [-0.3, -0.25) is 0 Å². The lowest BCUT2D eigenvalue weighted by Gasteiger charge is -2.29. The largest absolute Gasteiger partial charge is 0.372 e. The van der Waals surface area contributed by atoms with Gasteiger partial charge in [0.15, 0.2) is 0 Å². The molecule has 1 aliphatic rings. The predicted molar refractivity (Wildman–Crippen MR) is 76.1 cm³/mol. The van der Waals surface area contributed by atoms with Crippen LogP contribution in [-0.2, 0) is 0 Å². The topological polar surface area (TPSA) is 27.0 Å². The van der Waals surface area contributed by atoms with Crippen molar-refractivity contribution >= 4 is 17.3 Å². The highest BCUT2D eigenvalue weighted by Crippen LogP contribution is 2.28. The summed E-state index contributed by atoms with van der Waals surface area (Å²) in [5.74, 6) is 0. The van der Waals surface area contributed by atoms with E-state index in [1.165, 1.54) is 38.5 Å². The fourth-order valence-corrected chi connectivity index (χ4v) is 2.89. The van der Waals surface area contributed by atoms with Crippen LogP contribution in [0, 0.1) is 11.3 Å². The van der Waals surface area contributed by atoms with E-state index in [-0.39, 0.29) is 0 Å². The molecule has 0 N–H and O–H groups in total. The minimum atomic E-state index is 0.551. The molecule has 0 amide bonds. The smallest absolute Gasteiger partial charge is 0.101 e. The van der Waals surface area contributed by atoms with Crippen LogP contribution in [-0.4, -0.2) is 13.1 Å². The standard InChI is InChI=1S/C15H19ClN2/c1-18(13-6-4-2-3-5-7-13)14-9-8-12(11-17)15(16)10-14/h8-10,13H,2-7H2,1H3. The Labute approximate surface area is 114 Å². The fourth-order valence-electron chi connectivity index (χ4n) is 2.67. The molecule has 1 fully saturated rings. The molecular weight excluding hydrogens is 244 g/mol. The van der Waals surface area contributed by atoms with Crippen molar-refractivity contribution in [3.05, 3.63) is 28.8 Å². The summed E-state index contributed by atoms with van der Waals surface area (Å²) in [7, 11) is 2.13. The lowest BCUT2D eigenvalue weighted by Crippen LogP contribution is -2.31.